The fourth-order valence-electron chi connectivity index (χ4n) is 2.12. The van der Waals surface area contributed by atoms with Gasteiger partial charge in [0.2, 0.25) is 0 Å². The van der Waals surface area contributed by atoms with Gasteiger partial charge in [-0.2, -0.15) is 0 Å². The molecule has 0 saturated carbocycles. The molecular formula is C15H16O3. The average molecular weight is 244 g/mol. The normalized spacial score (nSPS) is 12.6. The van der Waals surface area contributed by atoms with Crippen molar-refractivity contribution in [3.05, 3.63) is 42.0 Å². The summed E-state index contributed by atoms with van der Waals surface area (Å²) >= 11 is 0. The van der Waals surface area contributed by atoms with Gasteiger partial charge in [-0.15, -0.1) is 0 Å². The number of benzene rings is 2. The highest BCUT2D eigenvalue weighted by atomic mass is 16.3. The summed E-state index contributed by atoms with van der Waals surface area (Å²) in [6.45, 7) is 1.39. The van der Waals surface area contributed by atoms with Crippen LogP contribution in [0.25, 0.3) is 10.8 Å². The Hall–Kier alpha value is -1.87. The van der Waals surface area contributed by atoms with Gasteiger partial charge in [-0.25, -0.2) is 0 Å². The Balaban J connectivity index is 2.40. The molecule has 94 valence electrons. The number of ketones is 1. The van der Waals surface area contributed by atoms with Gasteiger partial charge in [0.1, 0.15) is 12.4 Å². The predicted molar refractivity (Wildman–Crippen MR) is 70.6 cm³/mol. The van der Waals surface area contributed by atoms with Crippen LogP contribution in [0.4, 0.5) is 0 Å². The number of aromatic hydroxyl groups is 1. The van der Waals surface area contributed by atoms with Crippen molar-refractivity contribution in [2.24, 2.45) is 5.92 Å². The molecule has 0 fully saturated rings. The maximum atomic E-state index is 11.4. The molecule has 3 nitrogen and oxygen atoms in total. The van der Waals surface area contributed by atoms with E-state index in [9.17, 15) is 9.90 Å². The molecule has 0 saturated heterocycles. The molecule has 2 aromatic carbocycles. The summed E-state index contributed by atoms with van der Waals surface area (Å²) in [5.74, 6) is -0.134. The van der Waals surface area contributed by atoms with Crippen LogP contribution >= 0.6 is 0 Å². The van der Waals surface area contributed by atoms with E-state index in [2.05, 4.69) is 0 Å². The van der Waals surface area contributed by atoms with Crippen LogP contribution in [0.5, 0.6) is 5.75 Å². The van der Waals surface area contributed by atoms with Crippen molar-refractivity contribution in [2.45, 2.75) is 13.3 Å². The summed E-state index contributed by atoms with van der Waals surface area (Å²) in [7, 11) is 0. The monoisotopic (exact) mass is 244 g/mol. The first kappa shape index (κ1) is 12.6. The number of Topliss-reactive ketones (excluding diaryl/α,β-unsaturated/α-hetero) is 1. The van der Waals surface area contributed by atoms with Crippen LogP contribution in [-0.4, -0.2) is 22.6 Å². The van der Waals surface area contributed by atoms with E-state index >= 15 is 0 Å². The highest BCUT2D eigenvalue weighted by Gasteiger charge is 2.14. The molecule has 0 spiro atoms. The van der Waals surface area contributed by atoms with Gasteiger partial charge in [0.25, 0.3) is 0 Å². The van der Waals surface area contributed by atoms with Crippen molar-refractivity contribution in [3.63, 3.8) is 0 Å². The zero-order valence-corrected chi connectivity index (χ0v) is 10.3. The third kappa shape index (κ3) is 2.36. The quantitative estimate of drug-likeness (QED) is 0.867. The molecule has 0 bridgehead atoms. The molecule has 0 unspecified atom stereocenters. The van der Waals surface area contributed by atoms with E-state index in [1.54, 1.807) is 13.0 Å². The number of aliphatic hydroxyl groups excluding tert-OH is 1. The minimum absolute atomic E-state index is 0.160. The Morgan fingerprint density at radius 2 is 1.83 bits per heavy atom. The minimum atomic E-state index is -0.419. The van der Waals surface area contributed by atoms with Crippen LogP contribution in [0.3, 0.4) is 0 Å². The summed E-state index contributed by atoms with van der Waals surface area (Å²) < 4.78 is 0. The maximum Gasteiger partial charge on any atom is 0.161 e. The number of rotatable bonds is 4. The number of carbonyl (C=O) groups is 1. The first-order chi connectivity index (χ1) is 8.63. The SMILES string of the molecule is C[C@@H](Cc1ccc(O)c2ccccc12)C(=O)CO. The number of carbonyl (C=O) groups excluding carboxylic acids is 1. The predicted octanol–water partition coefficient (Wildman–Crippen LogP) is 2.29. The van der Waals surface area contributed by atoms with Gasteiger partial charge >= 0.3 is 0 Å². The van der Waals surface area contributed by atoms with E-state index in [1.165, 1.54) is 0 Å². The first-order valence-electron chi connectivity index (χ1n) is 5.96. The van der Waals surface area contributed by atoms with E-state index in [0.717, 1.165) is 16.3 Å². The van der Waals surface area contributed by atoms with E-state index in [-0.39, 0.29) is 17.5 Å². The Labute approximate surface area is 106 Å². The number of aliphatic hydroxyl groups is 1. The number of hydrogen-bond donors (Lipinski definition) is 2. The third-order valence-electron chi connectivity index (χ3n) is 3.22. The van der Waals surface area contributed by atoms with Crippen LogP contribution in [0, 0.1) is 5.92 Å². The molecule has 2 N–H and O–H groups in total. The van der Waals surface area contributed by atoms with Gasteiger partial charge in [0.15, 0.2) is 5.78 Å². The molecule has 0 aromatic heterocycles. The largest absolute Gasteiger partial charge is 0.507 e. The highest BCUT2D eigenvalue weighted by Crippen LogP contribution is 2.28. The highest BCUT2D eigenvalue weighted by molar-refractivity contribution is 5.91. The second-order valence-corrected chi connectivity index (χ2v) is 4.52. The molecule has 2 aromatic rings. The average Bonchev–Trinajstić information content (AvgIpc) is 2.41. The van der Waals surface area contributed by atoms with Crippen molar-refractivity contribution in [3.8, 4) is 5.75 Å². The van der Waals surface area contributed by atoms with Crippen molar-refractivity contribution in [1.82, 2.24) is 0 Å². The van der Waals surface area contributed by atoms with Crippen LogP contribution in [0.15, 0.2) is 36.4 Å². The van der Waals surface area contributed by atoms with Gasteiger partial charge in [-0.3, -0.25) is 4.79 Å². The van der Waals surface area contributed by atoms with Crippen LogP contribution in [0.2, 0.25) is 0 Å². The van der Waals surface area contributed by atoms with Crippen molar-refractivity contribution < 1.29 is 15.0 Å². The molecule has 1 atom stereocenters. The van der Waals surface area contributed by atoms with Gasteiger partial charge < -0.3 is 10.2 Å². The molecule has 2 rings (SSSR count). The summed E-state index contributed by atoms with van der Waals surface area (Å²) in [6, 6.07) is 11.0. The number of fused-ring (bicyclic) bond motifs is 1. The molecule has 3 heteroatoms. The van der Waals surface area contributed by atoms with Crippen molar-refractivity contribution >= 4 is 16.6 Å². The van der Waals surface area contributed by atoms with Crippen molar-refractivity contribution in [2.75, 3.05) is 6.61 Å². The van der Waals surface area contributed by atoms with Crippen LogP contribution in [-0.2, 0) is 11.2 Å². The number of phenolic OH excluding ortho intramolecular Hbond substituents is 1. The second kappa shape index (κ2) is 5.19. The molecular weight excluding hydrogens is 228 g/mol. The first-order valence-corrected chi connectivity index (χ1v) is 5.96. The lowest BCUT2D eigenvalue weighted by molar-refractivity contribution is -0.125. The molecule has 0 radical (unpaired) electrons. The molecule has 18 heavy (non-hydrogen) atoms. The molecule has 0 amide bonds. The summed E-state index contributed by atoms with van der Waals surface area (Å²) in [5.41, 5.74) is 1.01. The maximum absolute atomic E-state index is 11.4. The fourth-order valence-corrected chi connectivity index (χ4v) is 2.12. The Morgan fingerprint density at radius 1 is 1.17 bits per heavy atom. The summed E-state index contributed by atoms with van der Waals surface area (Å²) in [4.78, 5) is 11.4. The Bertz CT molecular complexity index is 575. The minimum Gasteiger partial charge on any atom is -0.507 e. The Kier molecular flexibility index (Phi) is 3.63. The number of hydrogen-bond acceptors (Lipinski definition) is 3. The zero-order chi connectivity index (χ0) is 13.1. The van der Waals surface area contributed by atoms with Crippen LogP contribution in [0.1, 0.15) is 12.5 Å². The van der Waals surface area contributed by atoms with E-state index in [0.29, 0.717) is 6.42 Å². The lowest BCUT2D eigenvalue weighted by atomic mass is 9.93. The molecule has 0 aliphatic rings. The summed E-state index contributed by atoms with van der Waals surface area (Å²) in [6.07, 6.45) is 0.570. The van der Waals surface area contributed by atoms with Crippen LogP contribution < -0.4 is 0 Å². The third-order valence-corrected chi connectivity index (χ3v) is 3.22. The van der Waals surface area contributed by atoms with Gasteiger partial charge in [0, 0.05) is 11.3 Å². The van der Waals surface area contributed by atoms with E-state index in [4.69, 9.17) is 5.11 Å². The lowest BCUT2D eigenvalue weighted by Crippen LogP contribution is -2.17. The standard InChI is InChI=1S/C15H16O3/c1-10(15(18)9-16)8-11-6-7-14(17)13-5-3-2-4-12(11)13/h2-7,10,16-17H,8-9H2,1H3/t10-/m0/s1. The van der Waals surface area contributed by atoms with Gasteiger partial charge in [0.05, 0.1) is 0 Å². The molecule has 0 aliphatic heterocycles. The Morgan fingerprint density at radius 3 is 2.50 bits per heavy atom. The molecule has 0 heterocycles. The van der Waals surface area contributed by atoms with Gasteiger partial charge in [-0.1, -0.05) is 37.3 Å². The van der Waals surface area contributed by atoms with E-state index < -0.39 is 6.61 Å². The van der Waals surface area contributed by atoms with E-state index in [1.807, 2.05) is 30.3 Å². The van der Waals surface area contributed by atoms with Gasteiger partial charge in [-0.05, 0) is 23.4 Å². The topological polar surface area (TPSA) is 57.5 Å². The zero-order valence-electron chi connectivity index (χ0n) is 10.3. The van der Waals surface area contributed by atoms with Crippen molar-refractivity contribution in [1.29, 1.82) is 0 Å². The second-order valence-electron chi connectivity index (χ2n) is 4.52. The molecule has 0 aliphatic carbocycles. The fraction of sp³-hybridized carbons (Fsp3) is 0.267. The summed E-state index contributed by atoms with van der Waals surface area (Å²) in [5, 5.41) is 20.4. The number of phenols is 1. The lowest BCUT2D eigenvalue weighted by Gasteiger charge is -2.12. The smallest absolute Gasteiger partial charge is 0.161 e.